The molecular formula is C23H25NO3. The predicted molar refractivity (Wildman–Crippen MR) is 106 cm³/mol. The molecule has 0 aliphatic carbocycles. The minimum absolute atomic E-state index is 0.132. The summed E-state index contributed by atoms with van der Waals surface area (Å²) in [7, 11) is 0. The highest BCUT2D eigenvalue weighted by molar-refractivity contribution is 5.87. The van der Waals surface area contributed by atoms with Crippen LogP contribution >= 0.6 is 0 Å². The third-order valence-electron chi connectivity index (χ3n) is 5.30. The quantitative estimate of drug-likeness (QED) is 0.772. The summed E-state index contributed by atoms with van der Waals surface area (Å²) in [6, 6.07) is 16.8. The Morgan fingerprint density at radius 2 is 1.74 bits per heavy atom. The van der Waals surface area contributed by atoms with E-state index >= 15 is 0 Å². The molecule has 2 heterocycles. The number of rotatable bonds is 3. The zero-order valence-electron chi connectivity index (χ0n) is 15.7. The standard InChI is InChI=1S/C23H25NO3/c1-2-26-22(25)15-24-13-11-17(12-14-24)23-19-8-4-3-7-18(19)16-27-21-10-6-5-9-20(21)23/h3-10H,2,11-16H2,1H3. The van der Waals surface area contributed by atoms with Crippen molar-refractivity contribution in [3.05, 3.63) is 70.8 Å². The van der Waals surface area contributed by atoms with Gasteiger partial charge in [-0.05, 0) is 42.5 Å². The average molecular weight is 363 g/mol. The van der Waals surface area contributed by atoms with Crippen molar-refractivity contribution in [2.75, 3.05) is 26.2 Å². The molecule has 2 aliphatic rings. The molecule has 0 bridgehead atoms. The van der Waals surface area contributed by atoms with Crippen LogP contribution in [-0.2, 0) is 16.1 Å². The number of carbonyl (C=O) groups excluding carboxylic acids is 1. The lowest BCUT2D eigenvalue weighted by molar-refractivity contribution is -0.144. The normalized spacial score (nSPS) is 16.8. The van der Waals surface area contributed by atoms with Gasteiger partial charge in [-0.25, -0.2) is 0 Å². The van der Waals surface area contributed by atoms with Crippen LogP contribution in [0.2, 0.25) is 0 Å². The van der Waals surface area contributed by atoms with Crippen LogP contribution in [0.4, 0.5) is 0 Å². The Kier molecular flexibility index (Phi) is 5.26. The van der Waals surface area contributed by atoms with Crippen molar-refractivity contribution in [2.24, 2.45) is 0 Å². The van der Waals surface area contributed by atoms with E-state index in [1.165, 1.54) is 27.8 Å². The van der Waals surface area contributed by atoms with Crippen molar-refractivity contribution in [1.29, 1.82) is 0 Å². The van der Waals surface area contributed by atoms with Crippen LogP contribution in [0.15, 0.2) is 54.1 Å². The molecule has 2 aliphatic heterocycles. The van der Waals surface area contributed by atoms with Crippen LogP contribution in [0.3, 0.4) is 0 Å². The molecule has 1 saturated heterocycles. The number of fused-ring (bicyclic) bond motifs is 2. The molecule has 0 radical (unpaired) electrons. The summed E-state index contributed by atoms with van der Waals surface area (Å²) in [6.07, 6.45) is 1.91. The van der Waals surface area contributed by atoms with Gasteiger partial charge in [0.05, 0.1) is 13.2 Å². The number of nitrogens with zero attached hydrogens (tertiary/aromatic N) is 1. The number of hydrogen-bond donors (Lipinski definition) is 0. The van der Waals surface area contributed by atoms with Gasteiger partial charge >= 0.3 is 5.97 Å². The van der Waals surface area contributed by atoms with Crippen LogP contribution in [-0.4, -0.2) is 37.1 Å². The van der Waals surface area contributed by atoms with Gasteiger partial charge < -0.3 is 9.47 Å². The Balaban J connectivity index is 1.66. The van der Waals surface area contributed by atoms with Crippen LogP contribution in [0.5, 0.6) is 5.75 Å². The van der Waals surface area contributed by atoms with Crippen molar-refractivity contribution < 1.29 is 14.3 Å². The first-order valence-corrected chi connectivity index (χ1v) is 9.66. The van der Waals surface area contributed by atoms with E-state index in [4.69, 9.17) is 9.47 Å². The maximum atomic E-state index is 11.8. The number of carbonyl (C=O) groups is 1. The van der Waals surface area contributed by atoms with E-state index in [1.54, 1.807) is 0 Å². The average Bonchev–Trinajstić information content (AvgIpc) is 2.86. The van der Waals surface area contributed by atoms with Gasteiger partial charge in [0.1, 0.15) is 12.4 Å². The van der Waals surface area contributed by atoms with Gasteiger partial charge in [0.25, 0.3) is 0 Å². The number of ether oxygens (including phenoxy) is 2. The number of para-hydroxylation sites is 1. The number of hydrogen-bond acceptors (Lipinski definition) is 4. The molecule has 0 atom stereocenters. The van der Waals surface area contributed by atoms with Gasteiger partial charge in [-0.15, -0.1) is 0 Å². The summed E-state index contributed by atoms with van der Waals surface area (Å²) in [5.74, 6) is 0.817. The van der Waals surface area contributed by atoms with Crippen LogP contribution in [0.25, 0.3) is 5.57 Å². The highest BCUT2D eigenvalue weighted by Crippen LogP contribution is 2.40. The largest absolute Gasteiger partial charge is 0.488 e. The first-order valence-electron chi connectivity index (χ1n) is 9.66. The predicted octanol–water partition coefficient (Wildman–Crippen LogP) is 4.04. The molecule has 4 rings (SSSR count). The second kappa shape index (κ2) is 7.97. The Morgan fingerprint density at radius 3 is 2.52 bits per heavy atom. The van der Waals surface area contributed by atoms with E-state index in [0.717, 1.165) is 31.7 Å². The molecule has 4 heteroatoms. The molecule has 0 unspecified atom stereocenters. The number of likely N-dealkylation sites (tertiary alicyclic amines) is 1. The van der Waals surface area contributed by atoms with Gasteiger partial charge in [0, 0.05) is 18.7 Å². The number of benzene rings is 2. The molecular weight excluding hydrogens is 338 g/mol. The maximum Gasteiger partial charge on any atom is 0.320 e. The second-order valence-electron chi connectivity index (χ2n) is 7.00. The van der Waals surface area contributed by atoms with E-state index in [-0.39, 0.29) is 5.97 Å². The van der Waals surface area contributed by atoms with Crippen molar-refractivity contribution in [3.63, 3.8) is 0 Å². The van der Waals surface area contributed by atoms with Gasteiger partial charge in [0.2, 0.25) is 0 Å². The molecule has 0 aromatic heterocycles. The van der Waals surface area contributed by atoms with Crippen molar-refractivity contribution in [1.82, 2.24) is 4.90 Å². The summed E-state index contributed by atoms with van der Waals surface area (Å²) < 4.78 is 11.2. The Bertz CT molecular complexity index is 812. The Hall–Kier alpha value is -2.59. The third kappa shape index (κ3) is 3.76. The molecule has 4 nitrogen and oxygen atoms in total. The highest BCUT2D eigenvalue weighted by Gasteiger charge is 2.25. The lowest BCUT2D eigenvalue weighted by Crippen LogP contribution is -2.36. The lowest BCUT2D eigenvalue weighted by atomic mass is 9.86. The summed E-state index contributed by atoms with van der Waals surface area (Å²) in [6.45, 7) is 5.02. The molecule has 2 aromatic rings. The monoisotopic (exact) mass is 363 g/mol. The zero-order valence-corrected chi connectivity index (χ0v) is 15.7. The number of piperidine rings is 1. The Labute approximate surface area is 160 Å². The van der Waals surface area contributed by atoms with Gasteiger partial charge in [-0.2, -0.15) is 0 Å². The van der Waals surface area contributed by atoms with E-state index in [1.807, 2.05) is 13.0 Å². The molecule has 0 N–H and O–H groups in total. The van der Waals surface area contributed by atoms with E-state index < -0.39 is 0 Å². The molecule has 0 amide bonds. The van der Waals surface area contributed by atoms with Crippen LogP contribution < -0.4 is 4.74 Å². The fraction of sp³-hybridized carbons (Fsp3) is 0.348. The van der Waals surface area contributed by atoms with Crippen molar-refractivity contribution in [3.8, 4) is 5.75 Å². The minimum Gasteiger partial charge on any atom is -0.488 e. The van der Waals surface area contributed by atoms with Gasteiger partial charge in [0.15, 0.2) is 0 Å². The summed E-state index contributed by atoms with van der Waals surface area (Å²) in [4.78, 5) is 14.0. The van der Waals surface area contributed by atoms with E-state index in [9.17, 15) is 4.79 Å². The first kappa shape index (κ1) is 17.8. The molecule has 1 fully saturated rings. The molecule has 0 saturated carbocycles. The highest BCUT2D eigenvalue weighted by atomic mass is 16.5. The van der Waals surface area contributed by atoms with Gasteiger partial charge in [-0.1, -0.05) is 48.0 Å². The zero-order chi connectivity index (χ0) is 18.6. The lowest BCUT2D eigenvalue weighted by Gasteiger charge is -2.29. The smallest absolute Gasteiger partial charge is 0.320 e. The number of esters is 1. The van der Waals surface area contributed by atoms with Crippen molar-refractivity contribution in [2.45, 2.75) is 26.4 Å². The molecule has 27 heavy (non-hydrogen) atoms. The maximum absolute atomic E-state index is 11.8. The van der Waals surface area contributed by atoms with E-state index in [0.29, 0.717) is 19.8 Å². The summed E-state index contributed by atoms with van der Waals surface area (Å²) in [5, 5.41) is 0. The fourth-order valence-electron chi connectivity index (χ4n) is 3.99. The topological polar surface area (TPSA) is 38.8 Å². The summed E-state index contributed by atoms with van der Waals surface area (Å²) in [5.41, 5.74) is 6.44. The van der Waals surface area contributed by atoms with Crippen LogP contribution in [0.1, 0.15) is 36.5 Å². The Morgan fingerprint density at radius 1 is 1.04 bits per heavy atom. The molecule has 2 aromatic carbocycles. The SMILES string of the molecule is CCOC(=O)CN1CCC(=C2c3ccccc3COc3ccccc32)CC1. The second-order valence-corrected chi connectivity index (χ2v) is 7.00. The van der Waals surface area contributed by atoms with Crippen molar-refractivity contribution >= 4 is 11.5 Å². The minimum atomic E-state index is -0.132. The van der Waals surface area contributed by atoms with E-state index in [2.05, 4.69) is 47.4 Å². The van der Waals surface area contributed by atoms with Gasteiger partial charge in [-0.3, -0.25) is 9.69 Å². The third-order valence-corrected chi connectivity index (χ3v) is 5.30. The summed E-state index contributed by atoms with van der Waals surface area (Å²) >= 11 is 0. The molecule has 140 valence electrons. The van der Waals surface area contributed by atoms with Crippen LogP contribution in [0, 0.1) is 0 Å². The first-order chi connectivity index (χ1) is 13.3. The fourth-order valence-corrected chi connectivity index (χ4v) is 3.99. The molecule has 0 spiro atoms.